The minimum Gasteiger partial charge on any atom is -0.361 e. The summed E-state index contributed by atoms with van der Waals surface area (Å²) in [4.78, 5) is 29.2. The van der Waals surface area contributed by atoms with E-state index in [0.29, 0.717) is 32.0 Å². The quantitative estimate of drug-likeness (QED) is 0.318. The van der Waals surface area contributed by atoms with Crippen LogP contribution < -0.4 is 9.80 Å². The van der Waals surface area contributed by atoms with Crippen molar-refractivity contribution in [3.63, 3.8) is 0 Å². The van der Waals surface area contributed by atoms with Gasteiger partial charge in [-0.2, -0.15) is 9.29 Å². The number of amides is 1. The van der Waals surface area contributed by atoms with Crippen molar-refractivity contribution in [3.8, 4) is 11.1 Å². The average molecular weight is 630 g/mol. The highest BCUT2D eigenvalue weighted by atomic mass is 32.2. The van der Waals surface area contributed by atoms with E-state index in [1.165, 1.54) is 6.26 Å². The molecule has 2 aromatic heterocycles. The molecule has 0 aliphatic carbocycles. The minimum absolute atomic E-state index is 0.0864. The number of hydrogen-bond donors (Lipinski definition) is 0. The maximum Gasteiger partial charge on any atom is 0.227 e. The van der Waals surface area contributed by atoms with E-state index in [1.807, 2.05) is 62.2 Å². The highest BCUT2D eigenvalue weighted by Crippen LogP contribution is 2.41. The Bertz CT molecular complexity index is 1850. The van der Waals surface area contributed by atoms with Crippen LogP contribution in [0.4, 0.5) is 11.8 Å². The molecular formula is C33H39N7O4S. The lowest BCUT2D eigenvalue weighted by atomic mass is 9.85. The number of sulfonamides is 1. The molecular weight excluding hydrogens is 590 g/mol. The molecule has 45 heavy (non-hydrogen) atoms. The molecule has 3 fully saturated rings. The molecule has 4 aromatic rings. The predicted molar refractivity (Wildman–Crippen MR) is 174 cm³/mol. The Labute approximate surface area is 263 Å². The standard InChI is InChI=1S/C33H39N7O4S/c1-22-30(23(2)44-36-22)25-10-11-27-26(20-25)31(35-32(34-27)38-16-14-33(15-17-38)13-12-29(41)37(33)3)40-19-18-39(45(4,42)43)21-28(40)24-8-6-5-7-9-24/h5-11,20,28H,12-19,21H2,1-4H3/t28-/m1/s1. The van der Waals surface area contributed by atoms with Crippen LogP contribution in [0.2, 0.25) is 0 Å². The number of rotatable bonds is 5. The Balaban J connectivity index is 1.34. The van der Waals surface area contributed by atoms with E-state index in [2.05, 4.69) is 27.1 Å². The lowest BCUT2D eigenvalue weighted by Crippen LogP contribution is -2.52. The summed E-state index contributed by atoms with van der Waals surface area (Å²) in [6.07, 6.45) is 4.53. The lowest BCUT2D eigenvalue weighted by Gasteiger charge is -2.44. The Kier molecular flexibility index (Phi) is 7.31. The Hall–Kier alpha value is -4.03. The lowest BCUT2D eigenvalue weighted by molar-refractivity contribution is -0.130. The molecule has 12 heteroatoms. The topological polar surface area (TPSA) is 116 Å². The molecule has 7 rings (SSSR count). The summed E-state index contributed by atoms with van der Waals surface area (Å²) < 4.78 is 32.5. The number of hydrogen-bond acceptors (Lipinski definition) is 9. The number of fused-ring (bicyclic) bond motifs is 1. The zero-order chi connectivity index (χ0) is 31.5. The van der Waals surface area contributed by atoms with E-state index in [1.54, 1.807) is 4.31 Å². The van der Waals surface area contributed by atoms with Crippen molar-refractivity contribution in [1.82, 2.24) is 24.3 Å². The molecule has 11 nitrogen and oxygen atoms in total. The number of nitrogens with zero attached hydrogens (tertiary/aromatic N) is 7. The molecule has 3 aliphatic rings. The van der Waals surface area contributed by atoms with Gasteiger partial charge in [0.05, 0.1) is 23.5 Å². The molecule has 0 unspecified atom stereocenters. The second-order valence-electron chi connectivity index (χ2n) is 12.7. The summed E-state index contributed by atoms with van der Waals surface area (Å²) in [6, 6.07) is 16.0. The molecule has 1 amide bonds. The van der Waals surface area contributed by atoms with Crippen molar-refractivity contribution in [1.29, 1.82) is 0 Å². The molecule has 0 bridgehead atoms. The van der Waals surface area contributed by atoms with Crippen LogP contribution in [0.5, 0.6) is 0 Å². The Morgan fingerprint density at radius 3 is 2.36 bits per heavy atom. The monoisotopic (exact) mass is 629 g/mol. The number of aryl methyl sites for hydroxylation is 2. The third-order valence-electron chi connectivity index (χ3n) is 10.1. The molecule has 3 aliphatic heterocycles. The van der Waals surface area contributed by atoms with Gasteiger partial charge in [-0.05, 0) is 56.4 Å². The number of carbonyl (C=O) groups excluding carboxylic acids is 1. The number of aromatic nitrogens is 3. The van der Waals surface area contributed by atoms with E-state index in [-0.39, 0.29) is 17.5 Å². The molecule has 3 saturated heterocycles. The fourth-order valence-electron chi connectivity index (χ4n) is 7.43. The van der Waals surface area contributed by atoms with E-state index in [4.69, 9.17) is 14.5 Å². The number of carbonyl (C=O) groups is 1. The van der Waals surface area contributed by atoms with Gasteiger partial charge in [-0.25, -0.2) is 13.4 Å². The first-order valence-electron chi connectivity index (χ1n) is 15.6. The third kappa shape index (κ3) is 5.23. The first kappa shape index (κ1) is 29.7. The Morgan fingerprint density at radius 1 is 0.956 bits per heavy atom. The first-order valence-corrected chi connectivity index (χ1v) is 17.4. The molecule has 5 heterocycles. The summed E-state index contributed by atoms with van der Waals surface area (Å²) in [6.45, 7) is 6.51. The van der Waals surface area contributed by atoms with Crippen LogP contribution in [0.15, 0.2) is 53.1 Å². The SMILES string of the molecule is Cc1noc(C)c1-c1ccc2nc(N3CCC4(CCC(=O)N4C)CC3)nc(N3CCN(S(C)(=O)=O)C[C@@H]3c3ccccc3)c2c1. The fraction of sp³-hybridized carbons (Fsp3) is 0.455. The van der Waals surface area contributed by atoms with Gasteiger partial charge in [-0.1, -0.05) is 41.6 Å². The Morgan fingerprint density at radius 2 is 1.71 bits per heavy atom. The van der Waals surface area contributed by atoms with Gasteiger partial charge in [0.25, 0.3) is 0 Å². The average Bonchev–Trinajstić information content (AvgIpc) is 3.52. The van der Waals surface area contributed by atoms with Crippen LogP contribution in [-0.4, -0.2) is 90.2 Å². The predicted octanol–water partition coefficient (Wildman–Crippen LogP) is 4.32. The van der Waals surface area contributed by atoms with E-state index in [0.717, 1.165) is 77.2 Å². The van der Waals surface area contributed by atoms with Crippen molar-refractivity contribution in [2.75, 3.05) is 55.8 Å². The van der Waals surface area contributed by atoms with Gasteiger partial charge in [0.15, 0.2) is 0 Å². The van der Waals surface area contributed by atoms with Gasteiger partial charge < -0.3 is 19.2 Å². The van der Waals surface area contributed by atoms with Crippen molar-refractivity contribution in [2.24, 2.45) is 0 Å². The number of anilines is 2. The third-order valence-corrected chi connectivity index (χ3v) is 11.4. The zero-order valence-corrected chi connectivity index (χ0v) is 27.0. The molecule has 1 atom stereocenters. The van der Waals surface area contributed by atoms with Crippen LogP contribution in [0.25, 0.3) is 22.0 Å². The molecule has 2 aromatic carbocycles. The summed E-state index contributed by atoms with van der Waals surface area (Å²) in [5.41, 5.74) is 4.48. The van der Waals surface area contributed by atoms with Crippen molar-refractivity contribution in [2.45, 2.75) is 51.1 Å². The molecule has 0 N–H and O–H groups in total. The van der Waals surface area contributed by atoms with Crippen molar-refractivity contribution >= 4 is 38.6 Å². The number of piperazine rings is 1. The zero-order valence-electron chi connectivity index (χ0n) is 26.2. The summed E-state index contributed by atoms with van der Waals surface area (Å²) >= 11 is 0. The number of benzene rings is 2. The van der Waals surface area contributed by atoms with Crippen LogP contribution in [0.1, 0.15) is 48.7 Å². The van der Waals surface area contributed by atoms with E-state index >= 15 is 0 Å². The van der Waals surface area contributed by atoms with Gasteiger partial charge in [0, 0.05) is 62.7 Å². The smallest absolute Gasteiger partial charge is 0.227 e. The summed E-state index contributed by atoms with van der Waals surface area (Å²) in [5, 5.41) is 5.06. The minimum atomic E-state index is -3.39. The normalized spacial score (nSPS) is 20.9. The highest BCUT2D eigenvalue weighted by Gasteiger charge is 2.45. The van der Waals surface area contributed by atoms with Gasteiger partial charge in [-0.3, -0.25) is 4.79 Å². The summed E-state index contributed by atoms with van der Waals surface area (Å²) in [7, 11) is -1.45. The van der Waals surface area contributed by atoms with Crippen molar-refractivity contribution < 1.29 is 17.7 Å². The maximum absolute atomic E-state index is 12.7. The fourth-order valence-corrected chi connectivity index (χ4v) is 8.26. The van der Waals surface area contributed by atoms with Crippen LogP contribution in [0.3, 0.4) is 0 Å². The molecule has 0 saturated carbocycles. The number of likely N-dealkylation sites (tertiary alicyclic amines) is 1. The number of piperidine rings is 1. The van der Waals surface area contributed by atoms with Gasteiger partial charge in [-0.15, -0.1) is 0 Å². The molecule has 1 spiro atoms. The van der Waals surface area contributed by atoms with Crippen LogP contribution >= 0.6 is 0 Å². The van der Waals surface area contributed by atoms with Gasteiger partial charge >= 0.3 is 0 Å². The second-order valence-corrected chi connectivity index (χ2v) is 14.7. The largest absolute Gasteiger partial charge is 0.361 e. The van der Waals surface area contributed by atoms with Crippen LogP contribution in [-0.2, 0) is 14.8 Å². The van der Waals surface area contributed by atoms with Crippen molar-refractivity contribution in [3.05, 3.63) is 65.5 Å². The maximum atomic E-state index is 12.7. The second kappa shape index (κ2) is 11.1. The van der Waals surface area contributed by atoms with Crippen LogP contribution in [0, 0.1) is 13.8 Å². The highest BCUT2D eigenvalue weighted by molar-refractivity contribution is 7.88. The summed E-state index contributed by atoms with van der Waals surface area (Å²) in [5.74, 6) is 2.40. The molecule has 236 valence electrons. The first-order chi connectivity index (χ1) is 21.5. The molecule has 0 radical (unpaired) electrons. The van der Waals surface area contributed by atoms with Gasteiger partial charge in [0.2, 0.25) is 21.9 Å². The van der Waals surface area contributed by atoms with E-state index < -0.39 is 10.0 Å². The van der Waals surface area contributed by atoms with E-state index in [9.17, 15) is 13.2 Å². The van der Waals surface area contributed by atoms with Gasteiger partial charge in [0.1, 0.15) is 11.6 Å².